The standard InChI is InChI=1S/C15H14ClN3S/c1-20-15(18-13-6-4-12(16)5-7-13)19-9-11-3-2-8-17-14(11)10-19/h2-8H,9-10H2,1H3/b18-15-. The normalized spacial score (nSPS) is 14.5. The van der Waals surface area contributed by atoms with Crippen LogP contribution in [-0.2, 0) is 13.1 Å². The minimum Gasteiger partial charge on any atom is -0.341 e. The van der Waals surface area contributed by atoms with Crippen molar-refractivity contribution in [2.75, 3.05) is 6.26 Å². The van der Waals surface area contributed by atoms with Gasteiger partial charge in [0.05, 0.1) is 17.9 Å². The van der Waals surface area contributed by atoms with Crippen LogP contribution in [0.3, 0.4) is 0 Å². The van der Waals surface area contributed by atoms with Gasteiger partial charge in [-0.25, -0.2) is 4.99 Å². The van der Waals surface area contributed by atoms with E-state index in [-0.39, 0.29) is 0 Å². The second-order valence-electron chi connectivity index (χ2n) is 4.54. The quantitative estimate of drug-likeness (QED) is 0.586. The molecule has 0 aliphatic carbocycles. The van der Waals surface area contributed by atoms with Gasteiger partial charge >= 0.3 is 0 Å². The van der Waals surface area contributed by atoms with E-state index in [0.717, 1.165) is 34.7 Å². The Morgan fingerprint density at radius 2 is 2.05 bits per heavy atom. The Bertz CT molecular complexity index is 615. The van der Waals surface area contributed by atoms with Crippen LogP contribution in [0.4, 0.5) is 5.69 Å². The summed E-state index contributed by atoms with van der Waals surface area (Å²) in [5.74, 6) is 0. The summed E-state index contributed by atoms with van der Waals surface area (Å²) < 4.78 is 0. The molecule has 0 N–H and O–H groups in total. The molecule has 3 rings (SSSR count). The largest absolute Gasteiger partial charge is 0.341 e. The third-order valence-electron chi connectivity index (χ3n) is 3.19. The summed E-state index contributed by atoms with van der Waals surface area (Å²) in [5, 5.41) is 1.73. The van der Waals surface area contributed by atoms with Crippen LogP contribution < -0.4 is 0 Å². The molecule has 1 aromatic heterocycles. The van der Waals surface area contributed by atoms with Crippen molar-refractivity contribution in [1.29, 1.82) is 0 Å². The van der Waals surface area contributed by atoms with Crippen LogP contribution in [-0.4, -0.2) is 21.3 Å². The Kier molecular flexibility index (Phi) is 3.94. The second kappa shape index (κ2) is 5.85. The molecule has 0 saturated carbocycles. The highest BCUT2D eigenvalue weighted by Crippen LogP contribution is 2.25. The average molecular weight is 304 g/mol. The zero-order chi connectivity index (χ0) is 13.9. The van der Waals surface area contributed by atoms with Gasteiger partial charge in [0.2, 0.25) is 0 Å². The Morgan fingerprint density at radius 3 is 2.75 bits per heavy atom. The minimum absolute atomic E-state index is 0.729. The van der Waals surface area contributed by atoms with Gasteiger partial charge in [0.25, 0.3) is 0 Å². The van der Waals surface area contributed by atoms with Crippen molar-refractivity contribution in [2.24, 2.45) is 4.99 Å². The molecule has 2 heterocycles. The predicted molar refractivity (Wildman–Crippen MR) is 85.5 cm³/mol. The van der Waals surface area contributed by atoms with E-state index in [1.165, 1.54) is 5.56 Å². The lowest BCUT2D eigenvalue weighted by molar-refractivity contribution is 0.454. The van der Waals surface area contributed by atoms with Gasteiger partial charge in [-0.15, -0.1) is 0 Å². The van der Waals surface area contributed by atoms with Crippen LogP contribution in [0.15, 0.2) is 47.6 Å². The topological polar surface area (TPSA) is 28.5 Å². The maximum Gasteiger partial charge on any atom is 0.164 e. The number of hydrogen-bond acceptors (Lipinski definition) is 3. The number of hydrogen-bond donors (Lipinski definition) is 0. The number of thioether (sulfide) groups is 1. The van der Waals surface area contributed by atoms with Gasteiger partial charge in [-0.1, -0.05) is 29.4 Å². The molecular formula is C15H14ClN3S. The maximum absolute atomic E-state index is 5.90. The number of pyridine rings is 1. The van der Waals surface area contributed by atoms with Crippen LogP contribution >= 0.6 is 23.4 Å². The Balaban J connectivity index is 1.83. The molecule has 0 atom stereocenters. The van der Waals surface area contributed by atoms with Gasteiger partial charge in [-0.05, 0) is 42.2 Å². The molecule has 0 fully saturated rings. The van der Waals surface area contributed by atoms with Crippen LogP contribution in [0.25, 0.3) is 0 Å². The van der Waals surface area contributed by atoms with Gasteiger partial charge in [0.1, 0.15) is 0 Å². The molecule has 20 heavy (non-hydrogen) atoms. The third kappa shape index (κ3) is 2.81. The molecular weight excluding hydrogens is 290 g/mol. The van der Waals surface area contributed by atoms with E-state index in [2.05, 4.69) is 16.0 Å². The number of aliphatic imine (C=N–C) groups is 1. The third-order valence-corrected chi connectivity index (χ3v) is 4.16. The molecule has 0 radical (unpaired) electrons. The second-order valence-corrected chi connectivity index (χ2v) is 5.75. The Labute approximate surface area is 127 Å². The molecule has 1 aliphatic rings. The summed E-state index contributed by atoms with van der Waals surface area (Å²) in [6, 6.07) is 11.7. The smallest absolute Gasteiger partial charge is 0.164 e. The summed E-state index contributed by atoms with van der Waals surface area (Å²) in [4.78, 5) is 11.4. The SMILES string of the molecule is CS/C(=N\c1ccc(Cl)cc1)N1Cc2cccnc2C1. The fraction of sp³-hybridized carbons (Fsp3) is 0.200. The first-order chi connectivity index (χ1) is 9.76. The lowest BCUT2D eigenvalue weighted by Crippen LogP contribution is -2.22. The van der Waals surface area contributed by atoms with Crippen molar-refractivity contribution < 1.29 is 0 Å². The average Bonchev–Trinajstić information content (AvgIpc) is 2.90. The first-order valence-corrected chi connectivity index (χ1v) is 7.92. The highest BCUT2D eigenvalue weighted by Gasteiger charge is 2.22. The van der Waals surface area contributed by atoms with E-state index in [9.17, 15) is 0 Å². The summed E-state index contributed by atoms with van der Waals surface area (Å²) >= 11 is 7.55. The van der Waals surface area contributed by atoms with Crippen molar-refractivity contribution in [3.05, 3.63) is 58.9 Å². The molecule has 0 unspecified atom stereocenters. The van der Waals surface area contributed by atoms with Gasteiger partial charge in [-0.3, -0.25) is 4.98 Å². The first kappa shape index (κ1) is 13.5. The summed E-state index contributed by atoms with van der Waals surface area (Å²) in [6.07, 6.45) is 3.89. The van der Waals surface area contributed by atoms with E-state index < -0.39 is 0 Å². The number of benzene rings is 1. The predicted octanol–water partition coefficient (Wildman–Crippen LogP) is 4.10. The van der Waals surface area contributed by atoms with Crippen LogP contribution in [0.1, 0.15) is 11.3 Å². The Morgan fingerprint density at radius 1 is 1.25 bits per heavy atom. The van der Waals surface area contributed by atoms with Gasteiger partial charge < -0.3 is 4.90 Å². The number of aromatic nitrogens is 1. The van der Waals surface area contributed by atoms with Crippen molar-refractivity contribution >= 4 is 34.2 Å². The van der Waals surface area contributed by atoms with Crippen LogP contribution in [0.5, 0.6) is 0 Å². The summed E-state index contributed by atoms with van der Waals surface area (Å²) in [5.41, 5.74) is 3.35. The number of amidine groups is 1. The molecule has 2 aromatic rings. The number of halogens is 1. The molecule has 5 heteroatoms. The van der Waals surface area contributed by atoms with Crippen molar-refractivity contribution in [2.45, 2.75) is 13.1 Å². The molecule has 3 nitrogen and oxygen atoms in total. The van der Waals surface area contributed by atoms with E-state index in [4.69, 9.17) is 16.6 Å². The highest BCUT2D eigenvalue weighted by molar-refractivity contribution is 8.13. The maximum atomic E-state index is 5.90. The molecule has 1 aromatic carbocycles. The zero-order valence-corrected chi connectivity index (χ0v) is 12.7. The fourth-order valence-electron chi connectivity index (χ4n) is 2.21. The van der Waals surface area contributed by atoms with Crippen molar-refractivity contribution in [1.82, 2.24) is 9.88 Å². The molecule has 0 amide bonds. The van der Waals surface area contributed by atoms with E-state index in [1.54, 1.807) is 11.8 Å². The van der Waals surface area contributed by atoms with Crippen LogP contribution in [0.2, 0.25) is 5.02 Å². The lowest BCUT2D eigenvalue weighted by Gasteiger charge is -2.17. The highest BCUT2D eigenvalue weighted by atomic mass is 35.5. The van der Waals surface area contributed by atoms with Gasteiger partial charge in [0.15, 0.2) is 5.17 Å². The number of rotatable bonds is 1. The van der Waals surface area contributed by atoms with Crippen LogP contribution in [0, 0.1) is 0 Å². The van der Waals surface area contributed by atoms with E-state index >= 15 is 0 Å². The van der Waals surface area contributed by atoms with Gasteiger partial charge in [-0.2, -0.15) is 0 Å². The minimum atomic E-state index is 0.729. The Hall–Kier alpha value is -1.52. The van der Waals surface area contributed by atoms with E-state index in [0.29, 0.717) is 0 Å². The molecule has 1 aliphatic heterocycles. The van der Waals surface area contributed by atoms with Crippen molar-refractivity contribution in [3.63, 3.8) is 0 Å². The van der Waals surface area contributed by atoms with E-state index in [1.807, 2.05) is 42.8 Å². The number of fused-ring (bicyclic) bond motifs is 1. The summed E-state index contributed by atoms with van der Waals surface area (Å²) in [6.45, 7) is 1.69. The number of nitrogens with zero attached hydrogens (tertiary/aromatic N) is 3. The summed E-state index contributed by atoms with van der Waals surface area (Å²) in [7, 11) is 0. The molecule has 0 spiro atoms. The zero-order valence-electron chi connectivity index (χ0n) is 11.1. The molecule has 0 saturated heterocycles. The fourth-order valence-corrected chi connectivity index (χ4v) is 2.92. The lowest BCUT2D eigenvalue weighted by atomic mass is 10.2. The monoisotopic (exact) mass is 303 g/mol. The molecule has 0 bridgehead atoms. The molecule has 102 valence electrons. The van der Waals surface area contributed by atoms with Crippen molar-refractivity contribution in [3.8, 4) is 0 Å². The first-order valence-electron chi connectivity index (χ1n) is 6.32. The van der Waals surface area contributed by atoms with Gasteiger partial charge in [0, 0.05) is 17.8 Å².